The molecule has 2 aromatic rings. The summed E-state index contributed by atoms with van der Waals surface area (Å²) in [5.41, 5.74) is 1.39. The second-order valence-corrected chi connectivity index (χ2v) is 11.7. The van der Waals surface area contributed by atoms with Crippen molar-refractivity contribution in [2.45, 2.75) is 39.3 Å². The van der Waals surface area contributed by atoms with Crippen LogP contribution in [0.4, 0.5) is 0 Å². The average Bonchev–Trinajstić information content (AvgIpc) is 2.86. The highest BCUT2D eigenvalue weighted by molar-refractivity contribution is 6.88. The Kier molecular flexibility index (Phi) is 3.48. The summed E-state index contributed by atoms with van der Waals surface area (Å²) in [5.74, 6) is 1.08. The first kappa shape index (κ1) is 13.5. The summed E-state index contributed by atoms with van der Waals surface area (Å²) in [6, 6.07) is 9.20. The molecular formula is C15H22N4Si. The monoisotopic (exact) mass is 286 g/mol. The minimum Gasteiger partial charge on any atom is -0.315 e. The third-order valence-electron chi connectivity index (χ3n) is 3.94. The summed E-state index contributed by atoms with van der Waals surface area (Å²) in [7, 11) is -1.18. The molecule has 1 aromatic heterocycles. The normalized spacial score (nSPS) is 16.1. The number of fused-ring (bicyclic) bond motifs is 1. The third-order valence-corrected chi connectivity index (χ3v) is 6.01. The second kappa shape index (κ2) is 5.14. The molecule has 0 aliphatic carbocycles. The van der Waals surface area contributed by atoms with Gasteiger partial charge in [-0.2, -0.15) is 0 Å². The first-order valence-electron chi connectivity index (χ1n) is 7.21. The van der Waals surface area contributed by atoms with E-state index in [1.165, 1.54) is 10.8 Å². The number of aromatic nitrogens is 3. The lowest BCUT2D eigenvalue weighted by atomic mass is 10.2. The Bertz CT molecular complexity index is 583. The fraction of sp³-hybridized carbons (Fsp3) is 0.467. The van der Waals surface area contributed by atoms with Crippen molar-refractivity contribution in [1.29, 1.82) is 0 Å². The number of nitrogens with zero attached hydrogens (tertiary/aromatic N) is 4. The molecule has 0 saturated carbocycles. The number of rotatable bonds is 3. The van der Waals surface area contributed by atoms with E-state index >= 15 is 0 Å². The molecule has 0 unspecified atom stereocenters. The maximum absolute atomic E-state index is 4.17. The third kappa shape index (κ3) is 2.83. The summed E-state index contributed by atoms with van der Waals surface area (Å²) in [4.78, 5) is 2.44. The van der Waals surface area contributed by atoms with Gasteiger partial charge in [-0.3, -0.25) is 4.90 Å². The number of hydrogen-bond acceptors (Lipinski definition) is 3. The van der Waals surface area contributed by atoms with Crippen LogP contribution in [0.15, 0.2) is 30.6 Å². The lowest BCUT2D eigenvalue weighted by Gasteiger charge is -2.27. The molecule has 3 rings (SSSR count). The maximum atomic E-state index is 4.17. The van der Waals surface area contributed by atoms with Gasteiger partial charge in [-0.25, -0.2) is 0 Å². The van der Waals surface area contributed by atoms with Crippen molar-refractivity contribution in [2.75, 3.05) is 6.54 Å². The predicted octanol–water partition coefficient (Wildman–Crippen LogP) is 1.84. The molecule has 4 nitrogen and oxygen atoms in total. The van der Waals surface area contributed by atoms with Crippen LogP contribution in [0.2, 0.25) is 19.6 Å². The van der Waals surface area contributed by atoms with E-state index in [9.17, 15) is 0 Å². The standard InChI is InChI=1S/C15H22N4Si/c1-20(2,3)14-6-4-13(5-7-14)10-18-8-9-19-12-16-17-15(19)11-18/h4-7,12H,8-11H2,1-3H3. The SMILES string of the molecule is C[Si](C)(C)c1ccc(CN2CCn3cnnc3C2)cc1. The summed E-state index contributed by atoms with van der Waals surface area (Å²) >= 11 is 0. The Morgan fingerprint density at radius 2 is 1.85 bits per heavy atom. The zero-order valence-electron chi connectivity index (χ0n) is 12.5. The first-order valence-corrected chi connectivity index (χ1v) is 10.7. The Labute approximate surface area is 121 Å². The highest BCUT2D eigenvalue weighted by Crippen LogP contribution is 2.13. The molecule has 1 aliphatic rings. The minimum absolute atomic E-state index is 0.899. The van der Waals surface area contributed by atoms with Crippen molar-refractivity contribution in [3.63, 3.8) is 0 Å². The summed E-state index contributed by atoms with van der Waals surface area (Å²) < 4.78 is 2.14. The molecule has 0 N–H and O–H groups in total. The highest BCUT2D eigenvalue weighted by atomic mass is 28.3. The fourth-order valence-corrected chi connectivity index (χ4v) is 3.79. The van der Waals surface area contributed by atoms with Gasteiger partial charge >= 0.3 is 0 Å². The Hall–Kier alpha value is -1.46. The largest absolute Gasteiger partial charge is 0.315 e. The van der Waals surface area contributed by atoms with Gasteiger partial charge in [0.1, 0.15) is 12.2 Å². The molecule has 1 aliphatic heterocycles. The number of hydrogen-bond donors (Lipinski definition) is 0. The van der Waals surface area contributed by atoms with E-state index in [-0.39, 0.29) is 0 Å². The van der Waals surface area contributed by atoms with Crippen molar-refractivity contribution in [3.05, 3.63) is 42.0 Å². The van der Waals surface area contributed by atoms with Gasteiger partial charge in [0.25, 0.3) is 0 Å². The summed E-state index contributed by atoms with van der Waals surface area (Å²) in [6.07, 6.45) is 1.83. The molecule has 106 valence electrons. The van der Waals surface area contributed by atoms with Crippen molar-refractivity contribution in [2.24, 2.45) is 0 Å². The average molecular weight is 286 g/mol. The van der Waals surface area contributed by atoms with E-state index < -0.39 is 8.07 Å². The van der Waals surface area contributed by atoms with Crippen molar-refractivity contribution >= 4 is 13.3 Å². The molecule has 0 spiro atoms. The van der Waals surface area contributed by atoms with Crippen LogP contribution < -0.4 is 5.19 Å². The molecule has 5 heteroatoms. The molecule has 1 aromatic carbocycles. The number of benzene rings is 1. The Balaban J connectivity index is 1.67. The van der Waals surface area contributed by atoms with E-state index in [1.807, 2.05) is 6.33 Å². The van der Waals surface area contributed by atoms with Gasteiger partial charge in [0.2, 0.25) is 0 Å². The topological polar surface area (TPSA) is 34.0 Å². The first-order chi connectivity index (χ1) is 9.52. The molecule has 0 amide bonds. The van der Waals surface area contributed by atoms with E-state index in [0.29, 0.717) is 0 Å². The van der Waals surface area contributed by atoms with Crippen LogP contribution in [-0.4, -0.2) is 34.3 Å². The zero-order chi connectivity index (χ0) is 14.2. The van der Waals surface area contributed by atoms with Gasteiger partial charge in [-0.05, 0) is 5.56 Å². The van der Waals surface area contributed by atoms with Gasteiger partial charge in [0.05, 0.1) is 14.6 Å². The van der Waals surface area contributed by atoms with E-state index in [2.05, 4.69) is 63.6 Å². The van der Waals surface area contributed by atoms with Crippen LogP contribution in [0.25, 0.3) is 0 Å². The second-order valence-electron chi connectivity index (χ2n) is 6.60. The quantitative estimate of drug-likeness (QED) is 0.807. The Morgan fingerprint density at radius 1 is 1.10 bits per heavy atom. The Morgan fingerprint density at radius 3 is 2.55 bits per heavy atom. The zero-order valence-corrected chi connectivity index (χ0v) is 13.5. The van der Waals surface area contributed by atoms with Crippen LogP contribution in [0, 0.1) is 0 Å². The van der Waals surface area contributed by atoms with Crippen molar-refractivity contribution in [3.8, 4) is 0 Å². The molecule has 0 bridgehead atoms. The highest BCUT2D eigenvalue weighted by Gasteiger charge is 2.18. The van der Waals surface area contributed by atoms with E-state index in [1.54, 1.807) is 0 Å². The van der Waals surface area contributed by atoms with Gasteiger partial charge in [0, 0.05) is 19.6 Å². The molecule has 0 atom stereocenters. The van der Waals surface area contributed by atoms with Gasteiger partial charge in [0.15, 0.2) is 0 Å². The molecule has 0 saturated heterocycles. The van der Waals surface area contributed by atoms with Gasteiger partial charge < -0.3 is 4.57 Å². The molecular weight excluding hydrogens is 264 g/mol. The van der Waals surface area contributed by atoms with Crippen LogP contribution >= 0.6 is 0 Å². The minimum atomic E-state index is -1.18. The molecule has 20 heavy (non-hydrogen) atoms. The fourth-order valence-electron chi connectivity index (χ4n) is 2.62. The predicted molar refractivity (Wildman–Crippen MR) is 83.6 cm³/mol. The molecule has 2 heterocycles. The summed E-state index contributed by atoms with van der Waals surface area (Å²) in [5, 5.41) is 9.67. The van der Waals surface area contributed by atoms with Crippen LogP contribution in [0.1, 0.15) is 11.4 Å². The van der Waals surface area contributed by atoms with E-state index in [4.69, 9.17) is 0 Å². The van der Waals surface area contributed by atoms with Crippen LogP contribution in [0.3, 0.4) is 0 Å². The van der Waals surface area contributed by atoms with Gasteiger partial charge in [-0.15, -0.1) is 10.2 Å². The van der Waals surface area contributed by atoms with Gasteiger partial charge in [-0.1, -0.05) is 49.1 Å². The summed E-state index contributed by atoms with van der Waals surface area (Å²) in [6.45, 7) is 11.1. The lowest BCUT2D eigenvalue weighted by Crippen LogP contribution is -2.37. The smallest absolute Gasteiger partial charge is 0.147 e. The van der Waals surface area contributed by atoms with Crippen LogP contribution in [0.5, 0.6) is 0 Å². The van der Waals surface area contributed by atoms with Crippen molar-refractivity contribution < 1.29 is 0 Å². The lowest BCUT2D eigenvalue weighted by molar-refractivity contribution is 0.209. The maximum Gasteiger partial charge on any atom is 0.147 e. The molecule has 0 fully saturated rings. The molecule has 0 radical (unpaired) electrons. The van der Waals surface area contributed by atoms with Crippen molar-refractivity contribution in [1.82, 2.24) is 19.7 Å². The van der Waals surface area contributed by atoms with E-state index in [0.717, 1.165) is 32.0 Å². The van der Waals surface area contributed by atoms with Crippen LogP contribution in [-0.2, 0) is 19.6 Å².